The first-order valence-corrected chi connectivity index (χ1v) is 10.4. The maximum atomic E-state index is 12.1. The molecule has 2 aromatic rings. The van der Waals surface area contributed by atoms with E-state index in [1.54, 1.807) is 0 Å². The van der Waals surface area contributed by atoms with Gasteiger partial charge in [-0.15, -0.1) is 11.8 Å². The fourth-order valence-corrected chi connectivity index (χ4v) is 4.36. The number of hydrogen-bond donors (Lipinski definition) is 2. The summed E-state index contributed by atoms with van der Waals surface area (Å²) in [6, 6.07) is 15.2. The van der Waals surface area contributed by atoms with Crippen molar-refractivity contribution in [3.8, 4) is 0 Å². The number of nitrogens with one attached hydrogen (secondary N) is 1. The van der Waals surface area contributed by atoms with Crippen LogP contribution in [-0.2, 0) is 21.2 Å². The van der Waals surface area contributed by atoms with Crippen LogP contribution in [-0.4, -0.2) is 37.0 Å². The van der Waals surface area contributed by atoms with E-state index in [9.17, 15) is 18.3 Å². The fraction of sp³-hybridized carbons (Fsp3) is 0.235. The highest BCUT2D eigenvalue weighted by Gasteiger charge is 2.19. The zero-order chi connectivity index (χ0) is 18.3. The van der Waals surface area contributed by atoms with Crippen molar-refractivity contribution < 1.29 is 18.3 Å². The van der Waals surface area contributed by atoms with Crippen LogP contribution in [0, 0.1) is 0 Å². The first kappa shape index (κ1) is 19.8. The average molecular weight is 400 g/mol. The Bertz CT molecular complexity index is 795. The van der Waals surface area contributed by atoms with Gasteiger partial charge in [0.1, 0.15) is 5.25 Å². The summed E-state index contributed by atoms with van der Waals surface area (Å²) in [4.78, 5) is 11.5. The fourth-order valence-electron chi connectivity index (χ4n) is 2.12. The smallest absolute Gasteiger partial charge is 0.316 e. The van der Waals surface area contributed by atoms with Gasteiger partial charge in [-0.1, -0.05) is 41.9 Å². The maximum Gasteiger partial charge on any atom is 0.316 e. The Morgan fingerprint density at radius 1 is 1.12 bits per heavy atom. The van der Waals surface area contributed by atoms with E-state index in [1.165, 1.54) is 36.0 Å². The molecule has 0 amide bonds. The number of carboxylic acids is 1. The SMILES string of the molecule is O=C(O)C(Cc1ccccc1)SCCNS(=O)(=O)c1ccc(Cl)cc1. The van der Waals surface area contributed by atoms with Crippen molar-refractivity contribution in [1.82, 2.24) is 4.72 Å². The third kappa shape index (κ3) is 6.36. The molecule has 1 unspecified atom stereocenters. The van der Waals surface area contributed by atoms with Gasteiger partial charge in [-0.05, 0) is 36.2 Å². The second-order valence-corrected chi connectivity index (χ2v) is 8.75. The number of thioether (sulfide) groups is 1. The molecule has 25 heavy (non-hydrogen) atoms. The van der Waals surface area contributed by atoms with Crippen molar-refractivity contribution >= 4 is 39.4 Å². The minimum atomic E-state index is -3.62. The summed E-state index contributed by atoms with van der Waals surface area (Å²) in [5.41, 5.74) is 0.934. The van der Waals surface area contributed by atoms with Crippen LogP contribution in [0.15, 0.2) is 59.5 Å². The number of benzene rings is 2. The molecule has 0 heterocycles. The van der Waals surface area contributed by atoms with Gasteiger partial charge < -0.3 is 5.11 Å². The number of halogens is 1. The zero-order valence-electron chi connectivity index (χ0n) is 13.3. The molecule has 2 rings (SSSR count). The highest BCUT2D eigenvalue weighted by molar-refractivity contribution is 8.00. The molecule has 0 radical (unpaired) electrons. The quantitative estimate of drug-likeness (QED) is 0.633. The molecular weight excluding hydrogens is 382 g/mol. The highest BCUT2D eigenvalue weighted by Crippen LogP contribution is 2.17. The van der Waals surface area contributed by atoms with E-state index in [4.69, 9.17) is 11.6 Å². The van der Waals surface area contributed by atoms with Gasteiger partial charge in [0.15, 0.2) is 0 Å². The van der Waals surface area contributed by atoms with Crippen LogP contribution >= 0.6 is 23.4 Å². The van der Waals surface area contributed by atoms with Crippen molar-refractivity contribution in [3.05, 3.63) is 65.2 Å². The van der Waals surface area contributed by atoms with Crippen molar-refractivity contribution in [2.75, 3.05) is 12.3 Å². The second kappa shape index (κ2) is 9.24. The molecule has 0 saturated carbocycles. The van der Waals surface area contributed by atoms with E-state index in [2.05, 4.69) is 4.72 Å². The molecule has 0 fully saturated rings. The summed E-state index contributed by atoms with van der Waals surface area (Å²) >= 11 is 6.96. The molecule has 5 nitrogen and oxygen atoms in total. The van der Waals surface area contributed by atoms with E-state index in [0.29, 0.717) is 17.2 Å². The predicted molar refractivity (Wildman–Crippen MR) is 101 cm³/mol. The highest BCUT2D eigenvalue weighted by atomic mass is 35.5. The van der Waals surface area contributed by atoms with Crippen LogP contribution in [0.2, 0.25) is 5.02 Å². The van der Waals surface area contributed by atoms with Crippen LogP contribution in [0.25, 0.3) is 0 Å². The molecule has 2 aromatic carbocycles. The Kier molecular flexibility index (Phi) is 7.31. The predicted octanol–water partition coefficient (Wildman–Crippen LogP) is 3.05. The summed E-state index contributed by atoms with van der Waals surface area (Å²) in [6.45, 7) is 0.147. The summed E-state index contributed by atoms with van der Waals surface area (Å²) in [5.74, 6) is -0.550. The first-order chi connectivity index (χ1) is 11.9. The average Bonchev–Trinajstić information content (AvgIpc) is 2.58. The van der Waals surface area contributed by atoms with E-state index in [-0.39, 0.29) is 11.4 Å². The molecule has 0 spiro atoms. The minimum absolute atomic E-state index is 0.126. The van der Waals surface area contributed by atoms with Crippen molar-refractivity contribution in [1.29, 1.82) is 0 Å². The van der Waals surface area contributed by atoms with E-state index >= 15 is 0 Å². The molecule has 8 heteroatoms. The number of carbonyl (C=O) groups is 1. The molecule has 1 atom stereocenters. The van der Waals surface area contributed by atoms with Crippen LogP contribution in [0.3, 0.4) is 0 Å². The van der Waals surface area contributed by atoms with Crippen LogP contribution < -0.4 is 4.72 Å². The zero-order valence-corrected chi connectivity index (χ0v) is 15.7. The number of sulfonamides is 1. The molecular formula is C17H18ClNO4S2. The largest absolute Gasteiger partial charge is 0.480 e. The Balaban J connectivity index is 1.85. The number of hydrogen-bond acceptors (Lipinski definition) is 4. The van der Waals surface area contributed by atoms with Gasteiger partial charge in [-0.3, -0.25) is 4.79 Å². The molecule has 134 valence electrons. The van der Waals surface area contributed by atoms with Gasteiger partial charge in [-0.25, -0.2) is 13.1 Å². The third-order valence-corrected chi connectivity index (χ3v) is 6.32. The van der Waals surface area contributed by atoms with Crippen LogP contribution in [0.1, 0.15) is 5.56 Å². The number of rotatable bonds is 9. The first-order valence-electron chi connectivity index (χ1n) is 7.52. The summed E-state index contributed by atoms with van der Waals surface area (Å²) in [6.07, 6.45) is 0.394. The lowest BCUT2D eigenvalue weighted by Gasteiger charge is -2.13. The monoisotopic (exact) mass is 399 g/mol. The van der Waals surface area contributed by atoms with Gasteiger partial charge in [0, 0.05) is 17.3 Å². The lowest BCUT2D eigenvalue weighted by molar-refractivity contribution is -0.136. The van der Waals surface area contributed by atoms with Crippen molar-refractivity contribution in [2.45, 2.75) is 16.6 Å². The van der Waals surface area contributed by atoms with E-state index in [0.717, 1.165) is 5.56 Å². The Morgan fingerprint density at radius 2 is 1.76 bits per heavy atom. The number of carboxylic acid groups (broad SMARTS) is 1. The van der Waals surface area contributed by atoms with Crippen LogP contribution in [0.5, 0.6) is 0 Å². The van der Waals surface area contributed by atoms with Gasteiger partial charge in [-0.2, -0.15) is 0 Å². The normalized spacial score (nSPS) is 12.7. The Morgan fingerprint density at radius 3 is 2.36 bits per heavy atom. The molecule has 0 aliphatic carbocycles. The number of aliphatic carboxylic acids is 1. The molecule has 0 aromatic heterocycles. The van der Waals surface area contributed by atoms with Gasteiger partial charge in [0.25, 0.3) is 0 Å². The minimum Gasteiger partial charge on any atom is -0.480 e. The lowest BCUT2D eigenvalue weighted by atomic mass is 10.1. The van der Waals surface area contributed by atoms with Crippen molar-refractivity contribution in [2.24, 2.45) is 0 Å². The van der Waals surface area contributed by atoms with Gasteiger partial charge in [0.2, 0.25) is 10.0 Å². The lowest BCUT2D eigenvalue weighted by Crippen LogP contribution is -2.28. The summed E-state index contributed by atoms with van der Waals surface area (Å²) in [7, 11) is -3.62. The molecule has 0 aliphatic heterocycles. The van der Waals surface area contributed by atoms with Crippen molar-refractivity contribution in [3.63, 3.8) is 0 Å². The van der Waals surface area contributed by atoms with E-state index in [1.807, 2.05) is 30.3 Å². The molecule has 2 N–H and O–H groups in total. The van der Waals surface area contributed by atoms with Gasteiger partial charge in [0.05, 0.1) is 4.90 Å². The van der Waals surface area contributed by atoms with Crippen LogP contribution in [0.4, 0.5) is 0 Å². The summed E-state index contributed by atoms with van der Waals surface area (Å²) in [5, 5.41) is 9.16. The second-order valence-electron chi connectivity index (χ2n) is 5.24. The summed E-state index contributed by atoms with van der Waals surface area (Å²) < 4.78 is 26.7. The van der Waals surface area contributed by atoms with Gasteiger partial charge >= 0.3 is 5.97 Å². The molecule has 0 bridgehead atoms. The standard InChI is InChI=1S/C17H18ClNO4S2/c18-14-6-8-15(9-7-14)25(22,23)19-10-11-24-16(17(20)21)12-13-4-2-1-3-5-13/h1-9,16,19H,10-12H2,(H,20,21). The third-order valence-electron chi connectivity index (χ3n) is 3.38. The topological polar surface area (TPSA) is 83.5 Å². The molecule has 0 aliphatic rings. The van der Waals surface area contributed by atoms with E-state index < -0.39 is 21.2 Å². The molecule has 0 saturated heterocycles. The maximum absolute atomic E-state index is 12.1. The Labute approximate surface area is 156 Å². The Hall–Kier alpha value is -1.54.